The van der Waals surface area contributed by atoms with Crippen LogP contribution in [0.1, 0.15) is 28.7 Å². The lowest BCUT2D eigenvalue weighted by Crippen LogP contribution is -2.12. The molecule has 0 aliphatic rings. The number of furan rings is 1. The van der Waals surface area contributed by atoms with Crippen LogP contribution in [0, 0.1) is 17.4 Å². The van der Waals surface area contributed by atoms with Gasteiger partial charge in [-0.1, -0.05) is 11.6 Å². The molecule has 2 aromatic rings. The topological polar surface area (TPSA) is 39.2 Å². The first-order chi connectivity index (χ1) is 7.99. The zero-order valence-electron chi connectivity index (χ0n) is 9.63. The van der Waals surface area contributed by atoms with Gasteiger partial charge in [-0.05, 0) is 71.8 Å². The molecule has 1 aromatic carbocycles. The summed E-state index contributed by atoms with van der Waals surface area (Å²) in [5, 5.41) is 0.691. The van der Waals surface area contributed by atoms with Gasteiger partial charge in [0.05, 0.1) is 6.04 Å². The highest BCUT2D eigenvalue weighted by atomic mass is 127. The van der Waals surface area contributed by atoms with Gasteiger partial charge >= 0.3 is 0 Å². The van der Waals surface area contributed by atoms with Gasteiger partial charge < -0.3 is 10.2 Å². The summed E-state index contributed by atoms with van der Waals surface area (Å²) in [5.41, 5.74) is 8.32. The minimum atomic E-state index is -0.270. The fourth-order valence-electron chi connectivity index (χ4n) is 1.66. The molecule has 1 aromatic heterocycles. The number of benzene rings is 1. The number of halogens is 2. The van der Waals surface area contributed by atoms with E-state index in [1.807, 2.05) is 38.1 Å². The molecule has 0 amide bonds. The van der Waals surface area contributed by atoms with Crippen molar-refractivity contribution in [3.8, 4) is 0 Å². The lowest BCUT2D eigenvalue weighted by Gasteiger charge is -2.11. The summed E-state index contributed by atoms with van der Waals surface area (Å²) in [6.45, 7) is 3.95. The Labute approximate surface area is 119 Å². The van der Waals surface area contributed by atoms with E-state index in [1.165, 1.54) is 0 Å². The van der Waals surface area contributed by atoms with Crippen LogP contribution in [0.4, 0.5) is 0 Å². The molecule has 0 saturated carbocycles. The first-order valence-electron chi connectivity index (χ1n) is 5.26. The van der Waals surface area contributed by atoms with Crippen LogP contribution in [0.15, 0.2) is 28.7 Å². The van der Waals surface area contributed by atoms with Crippen molar-refractivity contribution < 1.29 is 4.42 Å². The summed E-state index contributed by atoms with van der Waals surface area (Å²) in [6, 6.07) is 7.42. The van der Waals surface area contributed by atoms with Gasteiger partial charge in [-0.2, -0.15) is 0 Å². The maximum absolute atomic E-state index is 6.21. The maximum Gasteiger partial charge on any atom is 0.125 e. The summed E-state index contributed by atoms with van der Waals surface area (Å²) >= 11 is 8.25. The normalized spacial score (nSPS) is 12.8. The van der Waals surface area contributed by atoms with Crippen molar-refractivity contribution in [1.82, 2.24) is 0 Å². The van der Waals surface area contributed by atoms with E-state index in [2.05, 4.69) is 22.6 Å². The van der Waals surface area contributed by atoms with Gasteiger partial charge in [0.1, 0.15) is 11.5 Å². The second kappa shape index (κ2) is 5.00. The second-order valence-electron chi connectivity index (χ2n) is 4.03. The molecule has 17 heavy (non-hydrogen) atoms. The number of aryl methyl sites for hydroxylation is 2. The fourth-order valence-corrected chi connectivity index (χ4v) is 2.51. The quantitative estimate of drug-likeness (QED) is 0.814. The molecule has 4 heteroatoms. The largest absolute Gasteiger partial charge is 0.464 e. The molecular weight excluding hydrogens is 349 g/mol. The van der Waals surface area contributed by atoms with Crippen molar-refractivity contribution >= 4 is 34.2 Å². The van der Waals surface area contributed by atoms with Crippen LogP contribution in [-0.4, -0.2) is 0 Å². The Morgan fingerprint density at radius 3 is 2.59 bits per heavy atom. The number of rotatable bonds is 2. The third kappa shape index (κ3) is 2.67. The van der Waals surface area contributed by atoms with Crippen molar-refractivity contribution in [3.05, 3.63) is 55.5 Å². The molecule has 2 rings (SSSR count). The van der Waals surface area contributed by atoms with Gasteiger partial charge in [-0.3, -0.25) is 0 Å². The SMILES string of the molecule is Cc1cc(C(N)c2cc(Cl)ccc2I)oc1C. The summed E-state index contributed by atoms with van der Waals surface area (Å²) in [7, 11) is 0. The first kappa shape index (κ1) is 12.9. The second-order valence-corrected chi connectivity index (χ2v) is 5.63. The van der Waals surface area contributed by atoms with Gasteiger partial charge in [-0.15, -0.1) is 0 Å². The van der Waals surface area contributed by atoms with E-state index in [4.69, 9.17) is 21.8 Å². The molecule has 0 spiro atoms. The molecule has 0 bridgehead atoms. The monoisotopic (exact) mass is 361 g/mol. The van der Waals surface area contributed by atoms with Gasteiger partial charge in [0.15, 0.2) is 0 Å². The highest BCUT2D eigenvalue weighted by molar-refractivity contribution is 14.1. The highest BCUT2D eigenvalue weighted by Gasteiger charge is 2.17. The summed E-state index contributed by atoms with van der Waals surface area (Å²) in [6.07, 6.45) is 0. The van der Waals surface area contributed by atoms with Crippen molar-refractivity contribution in [1.29, 1.82) is 0 Å². The third-order valence-electron chi connectivity index (χ3n) is 2.78. The zero-order valence-corrected chi connectivity index (χ0v) is 12.5. The average molecular weight is 362 g/mol. The molecule has 0 fully saturated rings. The molecule has 1 heterocycles. The molecule has 0 saturated heterocycles. The predicted octanol–water partition coefficient (Wildman–Crippen LogP) is 4.20. The molecular formula is C13H13ClINO. The highest BCUT2D eigenvalue weighted by Crippen LogP contribution is 2.29. The molecule has 0 aliphatic carbocycles. The number of nitrogens with two attached hydrogens (primary N) is 1. The van der Waals surface area contributed by atoms with E-state index in [0.29, 0.717) is 5.02 Å². The number of hydrogen-bond acceptors (Lipinski definition) is 2. The Kier molecular flexibility index (Phi) is 3.80. The van der Waals surface area contributed by atoms with Gasteiger partial charge in [0, 0.05) is 8.59 Å². The van der Waals surface area contributed by atoms with E-state index in [9.17, 15) is 0 Å². The Bertz CT molecular complexity index is 531. The predicted molar refractivity (Wildman–Crippen MR) is 78.4 cm³/mol. The Hall–Kier alpha value is -0.520. The third-order valence-corrected chi connectivity index (χ3v) is 4.00. The van der Waals surface area contributed by atoms with Crippen LogP contribution >= 0.6 is 34.2 Å². The van der Waals surface area contributed by atoms with Crippen molar-refractivity contribution in [2.45, 2.75) is 19.9 Å². The van der Waals surface area contributed by atoms with Crippen LogP contribution in [0.2, 0.25) is 5.02 Å². The van der Waals surface area contributed by atoms with Gasteiger partial charge in [0.25, 0.3) is 0 Å². The zero-order chi connectivity index (χ0) is 12.6. The molecule has 2 N–H and O–H groups in total. The molecule has 0 radical (unpaired) electrons. The molecule has 2 nitrogen and oxygen atoms in total. The average Bonchev–Trinajstić information content (AvgIpc) is 2.62. The van der Waals surface area contributed by atoms with E-state index >= 15 is 0 Å². The lowest BCUT2D eigenvalue weighted by atomic mass is 10.1. The molecule has 1 unspecified atom stereocenters. The summed E-state index contributed by atoms with van der Waals surface area (Å²) in [5.74, 6) is 1.69. The first-order valence-corrected chi connectivity index (χ1v) is 6.72. The van der Waals surface area contributed by atoms with Crippen molar-refractivity contribution in [2.75, 3.05) is 0 Å². The minimum Gasteiger partial charge on any atom is -0.464 e. The van der Waals surface area contributed by atoms with Crippen molar-refractivity contribution in [3.63, 3.8) is 0 Å². The van der Waals surface area contributed by atoms with Crippen molar-refractivity contribution in [2.24, 2.45) is 5.73 Å². The smallest absolute Gasteiger partial charge is 0.125 e. The van der Waals surface area contributed by atoms with Crippen LogP contribution in [0.5, 0.6) is 0 Å². The Balaban J connectivity index is 2.42. The van der Waals surface area contributed by atoms with Crippen LogP contribution < -0.4 is 5.73 Å². The van der Waals surface area contributed by atoms with E-state index in [0.717, 1.165) is 26.2 Å². The van der Waals surface area contributed by atoms with E-state index in [1.54, 1.807) is 0 Å². The fraction of sp³-hybridized carbons (Fsp3) is 0.231. The van der Waals surface area contributed by atoms with Crippen LogP contribution in [-0.2, 0) is 0 Å². The van der Waals surface area contributed by atoms with Gasteiger partial charge in [0.2, 0.25) is 0 Å². The Morgan fingerprint density at radius 1 is 1.29 bits per heavy atom. The molecule has 1 atom stereocenters. The van der Waals surface area contributed by atoms with Crippen LogP contribution in [0.25, 0.3) is 0 Å². The summed E-state index contributed by atoms with van der Waals surface area (Å²) < 4.78 is 6.74. The van der Waals surface area contributed by atoms with E-state index in [-0.39, 0.29) is 6.04 Å². The molecule has 0 aliphatic heterocycles. The van der Waals surface area contributed by atoms with E-state index < -0.39 is 0 Å². The summed E-state index contributed by atoms with van der Waals surface area (Å²) in [4.78, 5) is 0. The Morgan fingerprint density at radius 2 is 2.00 bits per heavy atom. The lowest BCUT2D eigenvalue weighted by molar-refractivity contribution is 0.464. The minimum absolute atomic E-state index is 0.270. The number of hydrogen-bond donors (Lipinski definition) is 1. The standard InChI is InChI=1S/C13H13ClINO/c1-7-5-12(17-8(7)2)13(16)10-6-9(14)3-4-11(10)15/h3-6,13H,16H2,1-2H3. The maximum atomic E-state index is 6.21. The molecule has 90 valence electrons. The van der Waals surface area contributed by atoms with Crippen LogP contribution in [0.3, 0.4) is 0 Å². The van der Waals surface area contributed by atoms with Gasteiger partial charge in [-0.25, -0.2) is 0 Å².